The summed E-state index contributed by atoms with van der Waals surface area (Å²) in [5, 5.41) is 3.29. The van der Waals surface area contributed by atoms with Crippen molar-refractivity contribution in [1.29, 1.82) is 0 Å². The molecule has 0 bridgehead atoms. The first-order valence-electron chi connectivity index (χ1n) is 7.36. The number of aryl methyl sites for hydroxylation is 1. The van der Waals surface area contributed by atoms with Gasteiger partial charge < -0.3 is 5.32 Å². The Morgan fingerprint density at radius 2 is 1.96 bits per heavy atom. The van der Waals surface area contributed by atoms with E-state index in [9.17, 15) is 9.18 Å². The van der Waals surface area contributed by atoms with Gasteiger partial charge in [0.05, 0.1) is 5.69 Å². The van der Waals surface area contributed by atoms with Crippen LogP contribution in [0.4, 0.5) is 10.1 Å². The molecule has 2 atom stereocenters. The van der Waals surface area contributed by atoms with Gasteiger partial charge in [-0.25, -0.2) is 15.2 Å². The van der Waals surface area contributed by atoms with Crippen molar-refractivity contribution in [2.75, 3.05) is 5.32 Å². The molecule has 1 amide bonds. The Labute approximate surface area is 139 Å². The van der Waals surface area contributed by atoms with Crippen LogP contribution in [0.15, 0.2) is 42.5 Å². The van der Waals surface area contributed by atoms with Crippen molar-refractivity contribution >= 4 is 23.2 Å². The van der Waals surface area contributed by atoms with Crippen LogP contribution >= 0.6 is 11.6 Å². The van der Waals surface area contributed by atoms with Gasteiger partial charge in [-0.3, -0.25) is 4.79 Å². The summed E-state index contributed by atoms with van der Waals surface area (Å²) in [7, 11) is 0. The Kier molecular flexibility index (Phi) is 4.61. The average Bonchev–Trinajstić information content (AvgIpc) is 3.01. The monoisotopic (exact) mass is 333 g/mol. The molecule has 1 fully saturated rings. The van der Waals surface area contributed by atoms with Crippen LogP contribution in [0.25, 0.3) is 0 Å². The molecule has 6 heteroatoms. The van der Waals surface area contributed by atoms with Crippen LogP contribution in [-0.4, -0.2) is 11.9 Å². The number of hydrazine groups is 1. The predicted molar refractivity (Wildman–Crippen MR) is 88.6 cm³/mol. The van der Waals surface area contributed by atoms with Crippen LogP contribution in [0, 0.1) is 12.7 Å². The number of hydrogen-bond acceptors (Lipinski definition) is 3. The lowest BCUT2D eigenvalue weighted by atomic mass is 10.0. The molecule has 1 aliphatic heterocycles. The van der Waals surface area contributed by atoms with Gasteiger partial charge >= 0.3 is 0 Å². The van der Waals surface area contributed by atoms with E-state index >= 15 is 0 Å². The molecule has 1 saturated heterocycles. The standard InChI is InChI=1S/C17H17ClFN3O/c1-10-2-7-14(13(19)8-10)20-17(23)16-9-15(21-22-16)11-3-5-12(18)6-4-11/h2-8,15-16,21-22H,9H2,1H3,(H,20,23). The van der Waals surface area contributed by atoms with E-state index in [1.54, 1.807) is 19.1 Å². The average molecular weight is 334 g/mol. The van der Waals surface area contributed by atoms with Crippen LogP contribution in [0.3, 0.4) is 0 Å². The molecule has 0 spiro atoms. The van der Waals surface area contributed by atoms with E-state index < -0.39 is 11.9 Å². The Balaban J connectivity index is 1.64. The summed E-state index contributed by atoms with van der Waals surface area (Å²) < 4.78 is 13.8. The van der Waals surface area contributed by atoms with Crippen LogP contribution in [0.1, 0.15) is 23.6 Å². The fraction of sp³-hybridized carbons (Fsp3) is 0.235. The highest BCUT2D eigenvalue weighted by atomic mass is 35.5. The summed E-state index contributed by atoms with van der Waals surface area (Å²) in [4.78, 5) is 12.3. The second-order valence-electron chi connectivity index (χ2n) is 5.65. The third-order valence-electron chi connectivity index (χ3n) is 3.87. The highest BCUT2D eigenvalue weighted by Gasteiger charge is 2.30. The minimum Gasteiger partial charge on any atom is -0.322 e. The van der Waals surface area contributed by atoms with Gasteiger partial charge in [-0.2, -0.15) is 0 Å². The Hall–Kier alpha value is -1.95. The molecule has 0 aromatic heterocycles. The zero-order valence-corrected chi connectivity index (χ0v) is 13.3. The van der Waals surface area contributed by atoms with E-state index in [2.05, 4.69) is 16.2 Å². The summed E-state index contributed by atoms with van der Waals surface area (Å²) in [6, 6.07) is 11.8. The molecule has 0 aliphatic carbocycles. The van der Waals surface area contributed by atoms with Crippen molar-refractivity contribution in [3.63, 3.8) is 0 Å². The van der Waals surface area contributed by atoms with Crippen molar-refractivity contribution in [2.24, 2.45) is 0 Å². The topological polar surface area (TPSA) is 53.2 Å². The van der Waals surface area contributed by atoms with Gasteiger partial charge in [-0.05, 0) is 48.7 Å². The van der Waals surface area contributed by atoms with Crippen LogP contribution in [0.2, 0.25) is 5.02 Å². The number of nitrogens with one attached hydrogen (secondary N) is 3. The smallest absolute Gasteiger partial charge is 0.243 e. The minimum atomic E-state index is -0.434. The second-order valence-corrected chi connectivity index (χ2v) is 6.09. The SMILES string of the molecule is Cc1ccc(NC(=O)C2CC(c3ccc(Cl)cc3)NN2)c(F)c1. The van der Waals surface area contributed by atoms with E-state index in [4.69, 9.17) is 11.6 Å². The molecular weight excluding hydrogens is 317 g/mol. The molecular formula is C17H17ClFN3O. The normalized spacial score (nSPS) is 20.5. The van der Waals surface area contributed by atoms with Crippen LogP contribution in [-0.2, 0) is 4.79 Å². The maximum Gasteiger partial charge on any atom is 0.243 e. The number of amides is 1. The quantitative estimate of drug-likeness (QED) is 0.807. The summed E-state index contributed by atoms with van der Waals surface area (Å²) in [6.45, 7) is 1.80. The lowest BCUT2D eigenvalue weighted by Gasteiger charge is -2.11. The molecule has 0 saturated carbocycles. The fourth-order valence-corrected chi connectivity index (χ4v) is 2.71. The van der Waals surface area contributed by atoms with Crippen molar-refractivity contribution in [3.8, 4) is 0 Å². The summed E-state index contributed by atoms with van der Waals surface area (Å²) >= 11 is 5.88. The molecule has 0 radical (unpaired) electrons. The molecule has 2 unspecified atom stereocenters. The Morgan fingerprint density at radius 1 is 1.22 bits per heavy atom. The maximum atomic E-state index is 13.8. The maximum absolute atomic E-state index is 13.8. The zero-order chi connectivity index (χ0) is 16.4. The van der Waals surface area contributed by atoms with Crippen molar-refractivity contribution in [1.82, 2.24) is 10.9 Å². The lowest BCUT2D eigenvalue weighted by molar-refractivity contribution is -0.117. The van der Waals surface area contributed by atoms with Crippen LogP contribution < -0.4 is 16.2 Å². The van der Waals surface area contributed by atoms with E-state index in [1.807, 2.05) is 24.3 Å². The summed E-state index contributed by atoms with van der Waals surface area (Å²) in [6.07, 6.45) is 0.570. The molecule has 3 rings (SSSR count). The largest absolute Gasteiger partial charge is 0.322 e. The van der Waals surface area contributed by atoms with Gasteiger partial charge in [0.15, 0.2) is 0 Å². The number of carbonyl (C=O) groups excluding carboxylic acids is 1. The van der Waals surface area contributed by atoms with Gasteiger partial charge in [-0.1, -0.05) is 29.8 Å². The molecule has 1 heterocycles. The van der Waals surface area contributed by atoms with Gasteiger partial charge in [-0.15, -0.1) is 0 Å². The van der Waals surface area contributed by atoms with E-state index in [1.165, 1.54) is 6.07 Å². The first-order chi connectivity index (χ1) is 11.0. The van der Waals surface area contributed by atoms with Gasteiger partial charge in [0.2, 0.25) is 5.91 Å². The molecule has 2 aromatic rings. The molecule has 23 heavy (non-hydrogen) atoms. The second kappa shape index (κ2) is 6.66. The molecule has 1 aliphatic rings. The Bertz CT molecular complexity index is 720. The molecule has 3 N–H and O–H groups in total. The fourth-order valence-electron chi connectivity index (χ4n) is 2.58. The van der Waals surface area contributed by atoms with Gasteiger partial charge in [0.1, 0.15) is 11.9 Å². The van der Waals surface area contributed by atoms with E-state index in [0.717, 1.165) is 11.1 Å². The first-order valence-corrected chi connectivity index (χ1v) is 7.74. The van der Waals surface area contributed by atoms with Crippen LogP contribution in [0.5, 0.6) is 0 Å². The molecule has 4 nitrogen and oxygen atoms in total. The number of halogens is 2. The predicted octanol–water partition coefficient (Wildman–Crippen LogP) is 3.33. The first kappa shape index (κ1) is 15.9. The number of rotatable bonds is 3. The van der Waals surface area contributed by atoms with Gasteiger partial charge in [0, 0.05) is 11.1 Å². The number of benzene rings is 2. The molecule has 2 aromatic carbocycles. The summed E-state index contributed by atoms with van der Waals surface area (Å²) in [5.74, 6) is -0.699. The van der Waals surface area contributed by atoms with E-state index in [-0.39, 0.29) is 17.6 Å². The summed E-state index contributed by atoms with van der Waals surface area (Å²) in [5.41, 5.74) is 8.08. The molecule has 120 valence electrons. The zero-order valence-electron chi connectivity index (χ0n) is 12.6. The highest BCUT2D eigenvalue weighted by Crippen LogP contribution is 2.24. The number of anilines is 1. The lowest BCUT2D eigenvalue weighted by Crippen LogP contribution is -2.39. The Morgan fingerprint density at radius 3 is 2.65 bits per heavy atom. The third-order valence-corrected chi connectivity index (χ3v) is 4.13. The van der Waals surface area contributed by atoms with Crippen molar-refractivity contribution < 1.29 is 9.18 Å². The van der Waals surface area contributed by atoms with Crippen molar-refractivity contribution in [3.05, 3.63) is 64.4 Å². The van der Waals surface area contributed by atoms with Gasteiger partial charge in [0.25, 0.3) is 0 Å². The number of carbonyl (C=O) groups is 1. The highest BCUT2D eigenvalue weighted by molar-refractivity contribution is 6.30. The minimum absolute atomic E-state index is 0.00545. The third kappa shape index (κ3) is 3.69. The number of hydrogen-bond donors (Lipinski definition) is 3. The van der Waals surface area contributed by atoms with Crippen molar-refractivity contribution in [2.45, 2.75) is 25.4 Å². The van der Waals surface area contributed by atoms with E-state index in [0.29, 0.717) is 11.4 Å².